The van der Waals surface area contributed by atoms with Crippen molar-refractivity contribution < 1.29 is 9.47 Å². The zero-order valence-corrected chi connectivity index (χ0v) is 17.6. The van der Waals surface area contributed by atoms with Crippen molar-refractivity contribution in [3.63, 3.8) is 0 Å². The molecule has 0 aromatic carbocycles. The number of aryl methyl sites for hydroxylation is 2. The molecule has 2 fully saturated rings. The summed E-state index contributed by atoms with van der Waals surface area (Å²) in [6.07, 6.45) is 11.4. The van der Waals surface area contributed by atoms with Crippen molar-refractivity contribution in [2.24, 2.45) is 4.99 Å². The summed E-state index contributed by atoms with van der Waals surface area (Å²) in [4.78, 5) is 7.21. The highest BCUT2D eigenvalue weighted by Crippen LogP contribution is 2.18. The molecule has 7 nitrogen and oxygen atoms in total. The van der Waals surface area contributed by atoms with Crippen molar-refractivity contribution in [2.45, 2.75) is 71.1 Å². The van der Waals surface area contributed by atoms with E-state index in [0.717, 1.165) is 77.6 Å². The van der Waals surface area contributed by atoms with E-state index in [0.29, 0.717) is 12.2 Å². The van der Waals surface area contributed by atoms with Gasteiger partial charge < -0.3 is 19.7 Å². The maximum atomic E-state index is 6.14. The van der Waals surface area contributed by atoms with E-state index < -0.39 is 0 Å². The summed E-state index contributed by atoms with van der Waals surface area (Å²) in [6.45, 7) is 10.5. The molecule has 3 heterocycles. The molecule has 0 saturated carbocycles. The van der Waals surface area contributed by atoms with Gasteiger partial charge in [0, 0.05) is 45.5 Å². The zero-order chi connectivity index (χ0) is 19.6. The molecular weight excluding hydrogens is 354 g/mol. The highest BCUT2D eigenvalue weighted by Gasteiger charge is 2.23. The lowest BCUT2D eigenvalue weighted by Gasteiger charge is -2.35. The summed E-state index contributed by atoms with van der Waals surface area (Å²) in [5, 5.41) is 7.78. The SMILES string of the molecule is CCNC(=NCCCn1cc(C)cn1)N1CCC(OCC2CCCCO2)CC1. The van der Waals surface area contributed by atoms with Crippen LogP contribution < -0.4 is 5.32 Å². The molecule has 2 aliphatic heterocycles. The fourth-order valence-electron chi connectivity index (χ4n) is 3.85. The van der Waals surface area contributed by atoms with Crippen LogP contribution >= 0.6 is 0 Å². The van der Waals surface area contributed by atoms with Gasteiger partial charge in [0.15, 0.2) is 5.96 Å². The summed E-state index contributed by atoms with van der Waals surface area (Å²) in [7, 11) is 0. The van der Waals surface area contributed by atoms with E-state index in [2.05, 4.69) is 35.4 Å². The minimum atomic E-state index is 0.309. The van der Waals surface area contributed by atoms with Crippen LogP contribution in [-0.4, -0.2) is 72.2 Å². The predicted molar refractivity (Wildman–Crippen MR) is 112 cm³/mol. The van der Waals surface area contributed by atoms with Crippen LogP contribution in [0.3, 0.4) is 0 Å². The summed E-state index contributed by atoms with van der Waals surface area (Å²) in [5.74, 6) is 1.04. The van der Waals surface area contributed by atoms with Gasteiger partial charge in [0.25, 0.3) is 0 Å². The van der Waals surface area contributed by atoms with Gasteiger partial charge in [0.1, 0.15) is 0 Å². The van der Waals surface area contributed by atoms with Gasteiger partial charge in [-0.15, -0.1) is 0 Å². The number of ether oxygens (including phenoxy) is 2. The molecule has 28 heavy (non-hydrogen) atoms. The van der Waals surface area contributed by atoms with Crippen LogP contribution in [0.15, 0.2) is 17.4 Å². The molecule has 0 bridgehead atoms. The number of piperidine rings is 1. The lowest BCUT2D eigenvalue weighted by Crippen LogP contribution is -2.47. The van der Waals surface area contributed by atoms with Gasteiger partial charge in [0.2, 0.25) is 0 Å². The van der Waals surface area contributed by atoms with Crippen molar-refractivity contribution in [1.82, 2.24) is 20.0 Å². The smallest absolute Gasteiger partial charge is 0.193 e. The monoisotopic (exact) mass is 391 g/mol. The Morgan fingerprint density at radius 1 is 1.32 bits per heavy atom. The first-order valence-electron chi connectivity index (χ1n) is 11.0. The molecule has 3 rings (SSSR count). The van der Waals surface area contributed by atoms with Crippen molar-refractivity contribution in [3.05, 3.63) is 18.0 Å². The Kier molecular flexibility index (Phi) is 8.61. The Morgan fingerprint density at radius 2 is 2.18 bits per heavy atom. The predicted octanol–water partition coefficient (Wildman–Crippen LogP) is 2.60. The van der Waals surface area contributed by atoms with Crippen molar-refractivity contribution in [1.29, 1.82) is 0 Å². The molecule has 7 heteroatoms. The molecule has 0 radical (unpaired) electrons. The van der Waals surface area contributed by atoms with E-state index in [4.69, 9.17) is 14.5 Å². The van der Waals surface area contributed by atoms with E-state index in [1.807, 2.05) is 10.9 Å². The Labute approximate surface area is 169 Å². The molecule has 1 unspecified atom stereocenters. The van der Waals surface area contributed by atoms with Crippen LogP contribution in [0.5, 0.6) is 0 Å². The van der Waals surface area contributed by atoms with Crippen molar-refractivity contribution >= 4 is 5.96 Å². The van der Waals surface area contributed by atoms with E-state index >= 15 is 0 Å². The number of hydrogen-bond acceptors (Lipinski definition) is 4. The second kappa shape index (κ2) is 11.4. The maximum Gasteiger partial charge on any atom is 0.193 e. The molecular formula is C21H37N5O2. The van der Waals surface area contributed by atoms with Gasteiger partial charge in [-0.3, -0.25) is 9.67 Å². The van der Waals surface area contributed by atoms with Crippen LogP contribution in [0.1, 0.15) is 51.0 Å². The van der Waals surface area contributed by atoms with Crippen LogP contribution in [0, 0.1) is 6.92 Å². The van der Waals surface area contributed by atoms with Gasteiger partial charge in [-0.25, -0.2) is 0 Å². The van der Waals surface area contributed by atoms with Crippen molar-refractivity contribution in [2.75, 3.05) is 39.4 Å². The summed E-state index contributed by atoms with van der Waals surface area (Å²) >= 11 is 0. The average molecular weight is 392 g/mol. The zero-order valence-electron chi connectivity index (χ0n) is 17.6. The number of likely N-dealkylation sites (tertiary alicyclic amines) is 1. The largest absolute Gasteiger partial charge is 0.376 e. The third kappa shape index (κ3) is 6.78. The van der Waals surface area contributed by atoms with E-state index in [-0.39, 0.29) is 0 Å². The number of hydrogen-bond donors (Lipinski definition) is 1. The van der Waals surface area contributed by atoms with E-state index in [1.165, 1.54) is 18.4 Å². The molecule has 0 aliphatic carbocycles. The topological polar surface area (TPSA) is 63.9 Å². The highest BCUT2D eigenvalue weighted by molar-refractivity contribution is 5.80. The quantitative estimate of drug-likeness (QED) is 0.419. The number of aliphatic imine (C=N–C) groups is 1. The first kappa shape index (κ1) is 21.1. The standard InChI is InChI=1S/C21H37N5O2/c1-3-22-21(23-10-6-11-26-16-18(2)15-24-26)25-12-8-19(9-13-25)28-17-20-7-4-5-14-27-20/h15-16,19-20H,3-14,17H2,1-2H3,(H,22,23). The number of nitrogens with zero attached hydrogens (tertiary/aromatic N) is 4. The Hall–Kier alpha value is -1.60. The van der Waals surface area contributed by atoms with Gasteiger partial charge in [0.05, 0.1) is 25.0 Å². The minimum absolute atomic E-state index is 0.309. The van der Waals surface area contributed by atoms with Gasteiger partial charge in [-0.2, -0.15) is 5.10 Å². The fraction of sp³-hybridized carbons (Fsp3) is 0.810. The van der Waals surface area contributed by atoms with Crippen molar-refractivity contribution in [3.8, 4) is 0 Å². The third-order valence-electron chi connectivity index (χ3n) is 5.44. The number of guanidine groups is 1. The molecule has 1 N–H and O–H groups in total. The van der Waals surface area contributed by atoms with Gasteiger partial charge >= 0.3 is 0 Å². The molecule has 158 valence electrons. The summed E-state index contributed by atoms with van der Waals surface area (Å²) in [6, 6.07) is 0. The molecule has 1 atom stereocenters. The third-order valence-corrected chi connectivity index (χ3v) is 5.44. The maximum absolute atomic E-state index is 6.14. The number of nitrogens with one attached hydrogen (secondary N) is 1. The van der Waals surface area contributed by atoms with Crippen LogP contribution in [-0.2, 0) is 16.0 Å². The average Bonchev–Trinajstić information content (AvgIpc) is 3.15. The normalized spacial score (nSPS) is 21.9. The number of rotatable bonds is 8. The van der Waals surface area contributed by atoms with Gasteiger partial charge in [-0.05, 0) is 57.9 Å². The highest BCUT2D eigenvalue weighted by atomic mass is 16.5. The fourth-order valence-corrected chi connectivity index (χ4v) is 3.85. The van der Waals surface area contributed by atoms with Crippen LogP contribution in [0.2, 0.25) is 0 Å². The van der Waals surface area contributed by atoms with Crippen LogP contribution in [0.25, 0.3) is 0 Å². The molecule has 1 aromatic heterocycles. The lowest BCUT2D eigenvalue weighted by atomic mass is 10.1. The molecule has 0 amide bonds. The Bertz CT molecular complexity index is 589. The lowest BCUT2D eigenvalue weighted by molar-refractivity contribution is -0.0721. The molecule has 2 saturated heterocycles. The minimum Gasteiger partial charge on any atom is -0.376 e. The molecule has 2 aliphatic rings. The molecule has 1 aromatic rings. The Balaban J connectivity index is 1.37. The van der Waals surface area contributed by atoms with Crippen LogP contribution in [0.4, 0.5) is 0 Å². The first-order valence-corrected chi connectivity index (χ1v) is 11.0. The second-order valence-corrected chi connectivity index (χ2v) is 7.88. The first-order chi connectivity index (χ1) is 13.7. The summed E-state index contributed by atoms with van der Waals surface area (Å²) < 4.78 is 13.9. The Morgan fingerprint density at radius 3 is 2.86 bits per heavy atom. The molecule has 0 spiro atoms. The summed E-state index contributed by atoms with van der Waals surface area (Å²) in [5.41, 5.74) is 1.21. The second-order valence-electron chi connectivity index (χ2n) is 7.88. The van der Waals surface area contributed by atoms with E-state index in [9.17, 15) is 0 Å². The van der Waals surface area contributed by atoms with Gasteiger partial charge in [-0.1, -0.05) is 0 Å². The van der Waals surface area contributed by atoms with E-state index in [1.54, 1.807) is 0 Å². The number of aromatic nitrogens is 2.